The van der Waals surface area contributed by atoms with Crippen LogP contribution in [0.5, 0.6) is 5.75 Å². The largest absolute Gasteiger partial charge is 0.497 e. The standard InChI is InChI=1S/C24H19Cl2N5O/c1-15-27-28-24-30(14-16-7-10-18(32-2)11-8-16)29-23(19-5-3-4-6-21(19)26)20-13-17(25)9-12-22(20)31(15)24/h3-13H,14H2,1-2H3. The molecular formula is C24H19Cl2N5O. The fourth-order valence-electron chi connectivity index (χ4n) is 3.77. The molecule has 0 radical (unpaired) electrons. The van der Waals surface area contributed by atoms with Crippen molar-refractivity contribution in [3.8, 4) is 11.4 Å². The number of ether oxygens (including phenoxy) is 1. The van der Waals surface area contributed by atoms with Gasteiger partial charge in [-0.2, -0.15) is 5.10 Å². The van der Waals surface area contributed by atoms with Crippen LogP contribution in [0.15, 0.2) is 71.8 Å². The Labute approximate surface area is 195 Å². The van der Waals surface area contributed by atoms with E-state index < -0.39 is 0 Å². The number of hydrogen-bond donors (Lipinski definition) is 0. The topological polar surface area (TPSA) is 55.5 Å². The summed E-state index contributed by atoms with van der Waals surface area (Å²) in [4.78, 5) is 0. The average Bonchev–Trinajstić information content (AvgIpc) is 3.12. The quantitative estimate of drug-likeness (QED) is 0.391. The van der Waals surface area contributed by atoms with Crippen LogP contribution >= 0.6 is 23.2 Å². The smallest absolute Gasteiger partial charge is 0.252 e. The lowest BCUT2D eigenvalue weighted by atomic mass is 10.0. The summed E-state index contributed by atoms with van der Waals surface area (Å²) in [7, 11) is 1.65. The van der Waals surface area contributed by atoms with E-state index in [1.165, 1.54) is 0 Å². The highest BCUT2D eigenvalue weighted by molar-refractivity contribution is 6.36. The number of anilines is 1. The molecule has 0 aliphatic carbocycles. The van der Waals surface area contributed by atoms with Crippen molar-refractivity contribution in [1.29, 1.82) is 0 Å². The van der Waals surface area contributed by atoms with E-state index in [1.54, 1.807) is 7.11 Å². The van der Waals surface area contributed by atoms with Crippen LogP contribution in [0.4, 0.5) is 5.95 Å². The van der Waals surface area contributed by atoms with Gasteiger partial charge in [0, 0.05) is 16.1 Å². The Hall–Kier alpha value is -3.35. The highest BCUT2D eigenvalue weighted by Gasteiger charge is 2.27. The minimum Gasteiger partial charge on any atom is -0.497 e. The van der Waals surface area contributed by atoms with Crippen LogP contribution in [-0.4, -0.2) is 27.6 Å². The molecule has 0 fully saturated rings. The third-order valence-electron chi connectivity index (χ3n) is 5.33. The van der Waals surface area contributed by atoms with Gasteiger partial charge in [0.25, 0.3) is 5.95 Å². The number of rotatable bonds is 4. The molecule has 32 heavy (non-hydrogen) atoms. The fraction of sp³-hybridized carbons (Fsp3) is 0.125. The second-order valence-corrected chi connectivity index (χ2v) is 8.22. The maximum atomic E-state index is 6.59. The molecule has 0 saturated heterocycles. The maximum Gasteiger partial charge on any atom is 0.252 e. The molecule has 1 aliphatic heterocycles. The molecule has 0 unspecified atom stereocenters. The number of aryl methyl sites for hydroxylation is 1. The Balaban J connectivity index is 1.73. The van der Waals surface area contributed by atoms with E-state index in [0.29, 0.717) is 28.3 Å². The van der Waals surface area contributed by atoms with Crippen LogP contribution < -0.4 is 9.75 Å². The Morgan fingerprint density at radius 1 is 0.906 bits per heavy atom. The Bertz CT molecular complexity index is 1330. The van der Waals surface area contributed by atoms with E-state index in [2.05, 4.69) is 10.2 Å². The zero-order valence-electron chi connectivity index (χ0n) is 17.5. The van der Waals surface area contributed by atoms with Crippen LogP contribution in [0.3, 0.4) is 0 Å². The van der Waals surface area contributed by atoms with Crippen molar-refractivity contribution < 1.29 is 4.74 Å². The summed E-state index contributed by atoms with van der Waals surface area (Å²) in [5, 5.41) is 16.9. The van der Waals surface area contributed by atoms with Crippen molar-refractivity contribution in [2.45, 2.75) is 13.5 Å². The molecule has 3 aromatic carbocycles. The molecule has 0 atom stereocenters. The van der Waals surface area contributed by atoms with Gasteiger partial charge in [-0.15, -0.1) is 10.2 Å². The Morgan fingerprint density at radius 3 is 2.44 bits per heavy atom. The van der Waals surface area contributed by atoms with Gasteiger partial charge in [0.15, 0.2) is 0 Å². The first-order valence-corrected chi connectivity index (χ1v) is 10.8. The molecule has 8 heteroatoms. The van der Waals surface area contributed by atoms with Gasteiger partial charge in [-0.25, -0.2) is 5.01 Å². The number of fused-ring (bicyclic) bond motifs is 3. The van der Waals surface area contributed by atoms with Gasteiger partial charge in [0.05, 0.1) is 24.4 Å². The molecular weight excluding hydrogens is 445 g/mol. The zero-order chi connectivity index (χ0) is 22.2. The number of halogens is 2. The number of hydrogen-bond acceptors (Lipinski definition) is 5. The zero-order valence-corrected chi connectivity index (χ0v) is 19.0. The van der Waals surface area contributed by atoms with Crippen LogP contribution in [0.1, 0.15) is 22.5 Å². The van der Waals surface area contributed by atoms with E-state index in [1.807, 2.05) is 83.2 Å². The summed E-state index contributed by atoms with van der Waals surface area (Å²) < 4.78 is 7.27. The van der Waals surface area contributed by atoms with Gasteiger partial charge in [0.1, 0.15) is 17.3 Å². The van der Waals surface area contributed by atoms with Gasteiger partial charge in [-0.05, 0) is 48.9 Å². The number of nitrogens with zero attached hydrogens (tertiary/aromatic N) is 5. The summed E-state index contributed by atoms with van der Waals surface area (Å²) in [5.41, 5.74) is 4.32. The van der Waals surface area contributed by atoms with Crippen LogP contribution in [0.2, 0.25) is 10.0 Å². The van der Waals surface area contributed by atoms with Gasteiger partial charge in [-0.3, -0.25) is 4.57 Å². The van der Waals surface area contributed by atoms with Crippen molar-refractivity contribution in [2.75, 3.05) is 12.1 Å². The predicted molar refractivity (Wildman–Crippen MR) is 127 cm³/mol. The van der Waals surface area contributed by atoms with Crippen molar-refractivity contribution in [1.82, 2.24) is 14.8 Å². The van der Waals surface area contributed by atoms with E-state index >= 15 is 0 Å². The van der Waals surface area contributed by atoms with Gasteiger partial charge < -0.3 is 4.74 Å². The van der Waals surface area contributed by atoms with E-state index in [0.717, 1.165) is 34.0 Å². The molecule has 0 saturated carbocycles. The normalized spacial score (nSPS) is 12.6. The predicted octanol–water partition coefficient (Wildman–Crippen LogP) is 5.66. The first kappa shape index (κ1) is 20.5. The highest BCUT2D eigenvalue weighted by atomic mass is 35.5. The van der Waals surface area contributed by atoms with Crippen LogP contribution in [-0.2, 0) is 6.54 Å². The first-order chi connectivity index (χ1) is 15.5. The fourth-order valence-corrected chi connectivity index (χ4v) is 4.17. The van der Waals surface area contributed by atoms with Gasteiger partial charge >= 0.3 is 0 Å². The molecule has 6 nitrogen and oxygen atoms in total. The van der Waals surface area contributed by atoms with E-state index in [4.69, 9.17) is 33.0 Å². The van der Waals surface area contributed by atoms with Crippen molar-refractivity contribution >= 4 is 34.9 Å². The van der Waals surface area contributed by atoms with E-state index in [-0.39, 0.29) is 0 Å². The number of aromatic nitrogens is 3. The number of methoxy groups -OCH3 is 1. The van der Waals surface area contributed by atoms with Crippen molar-refractivity contribution in [3.05, 3.63) is 99.3 Å². The molecule has 0 spiro atoms. The van der Waals surface area contributed by atoms with Crippen LogP contribution in [0.25, 0.3) is 5.69 Å². The number of hydrazone groups is 1. The average molecular weight is 464 g/mol. The molecule has 0 N–H and O–H groups in total. The van der Waals surface area contributed by atoms with Crippen molar-refractivity contribution in [2.24, 2.45) is 5.10 Å². The second-order valence-electron chi connectivity index (χ2n) is 7.38. The molecule has 1 aliphatic rings. The lowest BCUT2D eigenvalue weighted by Crippen LogP contribution is -2.20. The van der Waals surface area contributed by atoms with Gasteiger partial charge in [0.2, 0.25) is 0 Å². The molecule has 0 amide bonds. The summed E-state index contributed by atoms with van der Waals surface area (Å²) in [5.74, 6) is 2.16. The summed E-state index contributed by atoms with van der Waals surface area (Å²) in [6.45, 7) is 2.40. The minimum absolute atomic E-state index is 0.484. The van der Waals surface area contributed by atoms with Gasteiger partial charge in [-0.1, -0.05) is 53.5 Å². The molecule has 2 heterocycles. The van der Waals surface area contributed by atoms with Crippen molar-refractivity contribution in [3.63, 3.8) is 0 Å². The minimum atomic E-state index is 0.484. The summed E-state index contributed by atoms with van der Waals surface area (Å²) >= 11 is 13.0. The SMILES string of the molecule is COc1ccc(CN2N=C(c3ccccc3Cl)c3cc(Cl)ccc3-n3c(C)nnc32)cc1. The monoisotopic (exact) mass is 463 g/mol. The summed E-state index contributed by atoms with van der Waals surface area (Å²) in [6, 6.07) is 21.2. The molecule has 0 bridgehead atoms. The summed E-state index contributed by atoms with van der Waals surface area (Å²) in [6.07, 6.45) is 0. The van der Waals surface area contributed by atoms with E-state index in [9.17, 15) is 0 Å². The third-order valence-corrected chi connectivity index (χ3v) is 5.90. The lowest BCUT2D eigenvalue weighted by molar-refractivity contribution is 0.414. The molecule has 1 aromatic heterocycles. The Morgan fingerprint density at radius 2 is 1.69 bits per heavy atom. The van der Waals surface area contributed by atoms with Crippen LogP contribution in [0, 0.1) is 6.92 Å². The molecule has 160 valence electrons. The molecule has 5 rings (SSSR count). The first-order valence-electron chi connectivity index (χ1n) is 10.0. The molecule has 4 aromatic rings. The second kappa shape index (κ2) is 8.30. The number of benzene rings is 3. The highest BCUT2D eigenvalue weighted by Crippen LogP contribution is 2.33. The third kappa shape index (κ3) is 3.61. The Kier molecular flexibility index (Phi) is 5.33. The lowest BCUT2D eigenvalue weighted by Gasteiger charge is -2.18. The maximum absolute atomic E-state index is 6.59.